The fourth-order valence-electron chi connectivity index (χ4n) is 6.47. The Morgan fingerprint density at radius 1 is 0.275 bits per heavy atom. The van der Waals surface area contributed by atoms with E-state index in [1.165, 1.54) is 11.1 Å². The standard InChI is InChI=1S/C46H31N5/c1-4-12-32(13-5-1)34-20-24-36(25-21-34)43-48-44(37-26-22-35(23-27-37)33-14-6-2-7-15-33)50-45(49-43)38-28-30-39(31-29-38)46-47-41-18-10-11-19-42(41)51(46)40-16-8-3-9-17-40/h1-31H. The second-order valence-corrected chi connectivity index (χ2v) is 12.4. The van der Waals surface area contributed by atoms with Gasteiger partial charge in [-0.2, -0.15) is 0 Å². The smallest absolute Gasteiger partial charge is 0.164 e. The van der Waals surface area contributed by atoms with Gasteiger partial charge in [0.05, 0.1) is 11.0 Å². The van der Waals surface area contributed by atoms with Gasteiger partial charge in [0.15, 0.2) is 17.5 Å². The zero-order valence-corrected chi connectivity index (χ0v) is 27.6. The van der Waals surface area contributed by atoms with Crippen LogP contribution in [-0.2, 0) is 0 Å². The molecule has 0 aliphatic rings. The summed E-state index contributed by atoms with van der Waals surface area (Å²) in [6.07, 6.45) is 0. The van der Waals surface area contributed by atoms with Crippen molar-refractivity contribution in [3.8, 4) is 73.5 Å². The number of nitrogens with zero attached hydrogens (tertiary/aromatic N) is 5. The lowest BCUT2D eigenvalue weighted by Gasteiger charge is -2.11. The fourth-order valence-corrected chi connectivity index (χ4v) is 6.47. The predicted molar refractivity (Wildman–Crippen MR) is 207 cm³/mol. The van der Waals surface area contributed by atoms with Crippen molar-refractivity contribution >= 4 is 11.0 Å². The van der Waals surface area contributed by atoms with Gasteiger partial charge >= 0.3 is 0 Å². The van der Waals surface area contributed by atoms with E-state index in [1.54, 1.807) is 0 Å². The Hall–Kier alpha value is -6.98. The van der Waals surface area contributed by atoms with Crippen LogP contribution in [0.4, 0.5) is 0 Å². The number of para-hydroxylation sites is 3. The van der Waals surface area contributed by atoms with Crippen LogP contribution >= 0.6 is 0 Å². The van der Waals surface area contributed by atoms with Crippen LogP contribution < -0.4 is 0 Å². The number of rotatable bonds is 7. The van der Waals surface area contributed by atoms with E-state index < -0.39 is 0 Å². The quantitative estimate of drug-likeness (QED) is 0.172. The first-order chi connectivity index (χ1) is 25.3. The van der Waals surface area contributed by atoms with Crippen LogP contribution in [0.15, 0.2) is 188 Å². The van der Waals surface area contributed by atoms with Crippen molar-refractivity contribution in [1.82, 2.24) is 24.5 Å². The van der Waals surface area contributed by atoms with Crippen molar-refractivity contribution < 1.29 is 0 Å². The third-order valence-electron chi connectivity index (χ3n) is 9.11. The monoisotopic (exact) mass is 653 g/mol. The van der Waals surface area contributed by atoms with Gasteiger partial charge in [0, 0.05) is 27.9 Å². The molecule has 5 heteroatoms. The molecule has 0 radical (unpaired) electrons. The number of benzene rings is 7. The average Bonchev–Trinajstić information content (AvgIpc) is 3.62. The second-order valence-electron chi connectivity index (χ2n) is 12.4. The Labute approximate surface area is 296 Å². The highest BCUT2D eigenvalue weighted by atomic mass is 15.1. The lowest BCUT2D eigenvalue weighted by atomic mass is 10.0. The van der Waals surface area contributed by atoms with Gasteiger partial charge in [0.25, 0.3) is 0 Å². The molecule has 0 bridgehead atoms. The maximum Gasteiger partial charge on any atom is 0.164 e. The Morgan fingerprint density at radius 3 is 1.10 bits per heavy atom. The highest BCUT2D eigenvalue weighted by Gasteiger charge is 2.16. The zero-order valence-electron chi connectivity index (χ0n) is 27.6. The lowest BCUT2D eigenvalue weighted by Crippen LogP contribution is -2.00. The molecule has 0 unspecified atom stereocenters. The van der Waals surface area contributed by atoms with Gasteiger partial charge in [0.2, 0.25) is 0 Å². The SMILES string of the molecule is c1ccc(-c2ccc(-c3nc(-c4ccc(-c5ccccc5)cc4)nc(-c4ccc(-c5nc6ccccc6n5-c5ccccc5)cc4)n3)cc2)cc1. The molecule has 2 aromatic heterocycles. The Balaban J connectivity index is 1.12. The largest absolute Gasteiger partial charge is 0.292 e. The molecule has 0 fully saturated rings. The normalized spacial score (nSPS) is 11.1. The first kappa shape index (κ1) is 30.1. The number of hydrogen-bond acceptors (Lipinski definition) is 4. The van der Waals surface area contributed by atoms with E-state index in [0.717, 1.165) is 55.9 Å². The Bertz CT molecular complexity index is 2480. The van der Waals surface area contributed by atoms with E-state index >= 15 is 0 Å². The molecule has 0 atom stereocenters. The molecular weight excluding hydrogens is 623 g/mol. The summed E-state index contributed by atoms with van der Waals surface area (Å²) in [5.74, 6) is 2.73. The van der Waals surface area contributed by atoms with E-state index in [1.807, 2.05) is 24.3 Å². The van der Waals surface area contributed by atoms with Crippen molar-refractivity contribution in [1.29, 1.82) is 0 Å². The van der Waals surface area contributed by atoms with Gasteiger partial charge < -0.3 is 0 Å². The highest BCUT2D eigenvalue weighted by molar-refractivity contribution is 5.83. The van der Waals surface area contributed by atoms with E-state index in [0.29, 0.717) is 17.5 Å². The third-order valence-corrected chi connectivity index (χ3v) is 9.11. The molecule has 0 spiro atoms. The molecule has 51 heavy (non-hydrogen) atoms. The summed E-state index contributed by atoms with van der Waals surface area (Å²) in [4.78, 5) is 20.1. The fraction of sp³-hybridized carbons (Fsp3) is 0. The topological polar surface area (TPSA) is 56.5 Å². The number of hydrogen-bond donors (Lipinski definition) is 0. The summed E-state index contributed by atoms with van der Waals surface area (Å²) in [6.45, 7) is 0. The summed E-state index contributed by atoms with van der Waals surface area (Å²) in [5, 5.41) is 0. The molecule has 0 N–H and O–H groups in total. The van der Waals surface area contributed by atoms with Crippen LogP contribution in [0.2, 0.25) is 0 Å². The molecule has 5 nitrogen and oxygen atoms in total. The second kappa shape index (κ2) is 13.1. The van der Waals surface area contributed by atoms with E-state index in [-0.39, 0.29) is 0 Å². The van der Waals surface area contributed by atoms with Gasteiger partial charge in [-0.3, -0.25) is 4.57 Å². The summed E-state index contributed by atoms with van der Waals surface area (Å²) >= 11 is 0. The first-order valence-corrected chi connectivity index (χ1v) is 17.0. The van der Waals surface area contributed by atoms with E-state index in [4.69, 9.17) is 19.9 Å². The zero-order chi connectivity index (χ0) is 34.0. The minimum atomic E-state index is 0.609. The summed E-state index contributed by atoms with van der Waals surface area (Å²) < 4.78 is 2.21. The van der Waals surface area contributed by atoms with E-state index in [2.05, 4.69) is 168 Å². The third kappa shape index (κ3) is 5.98. The van der Waals surface area contributed by atoms with Crippen molar-refractivity contribution in [2.24, 2.45) is 0 Å². The van der Waals surface area contributed by atoms with Crippen molar-refractivity contribution in [3.63, 3.8) is 0 Å². The van der Waals surface area contributed by atoms with Crippen LogP contribution in [0.3, 0.4) is 0 Å². The van der Waals surface area contributed by atoms with Crippen molar-refractivity contribution in [3.05, 3.63) is 188 Å². The lowest BCUT2D eigenvalue weighted by molar-refractivity contribution is 1.07. The Kier molecular flexibility index (Phi) is 7.76. The van der Waals surface area contributed by atoms with Crippen LogP contribution in [0, 0.1) is 0 Å². The molecule has 0 saturated heterocycles. The first-order valence-electron chi connectivity index (χ1n) is 17.0. The minimum absolute atomic E-state index is 0.609. The molecule has 9 rings (SSSR count). The molecule has 7 aromatic carbocycles. The van der Waals surface area contributed by atoms with E-state index in [9.17, 15) is 0 Å². The van der Waals surface area contributed by atoms with Crippen molar-refractivity contribution in [2.75, 3.05) is 0 Å². The van der Waals surface area contributed by atoms with Gasteiger partial charge in [-0.1, -0.05) is 164 Å². The summed E-state index contributed by atoms with van der Waals surface area (Å²) in [5.41, 5.74) is 11.4. The van der Waals surface area contributed by atoms with Crippen LogP contribution in [-0.4, -0.2) is 24.5 Å². The minimum Gasteiger partial charge on any atom is -0.292 e. The van der Waals surface area contributed by atoms with Crippen LogP contribution in [0.25, 0.3) is 84.5 Å². The Morgan fingerprint density at radius 2 is 0.627 bits per heavy atom. The van der Waals surface area contributed by atoms with Crippen LogP contribution in [0.1, 0.15) is 0 Å². The molecule has 9 aromatic rings. The molecule has 0 aliphatic carbocycles. The van der Waals surface area contributed by atoms with Gasteiger partial charge in [-0.15, -0.1) is 0 Å². The summed E-state index contributed by atoms with van der Waals surface area (Å²) in [6, 6.07) is 64.5. The molecular formula is C46H31N5. The van der Waals surface area contributed by atoms with Gasteiger partial charge in [-0.25, -0.2) is 19.9 Å². The highest BCUT2D eigenvalue weighted by Crippen LogP contribution is 2.32. The molecule has 0 aliphatic heterocycles. The van der Waals surface area contributed by atoms with Gasteiger partial charge in [0.1, 0.15) is 5.82 Å². The predicted octanol–water partition coefficient (Wildman–Crippen LogP) is 11.2. The maximum absolute atomic E-state index is 5.05. The number of imidazole rings is 1. The van der Waals surface area contributed by atoms with Gasteiger partial charge in [-0.05, 0) is 46.5 Å². The van der Waals surface area contributed by atoms with Crippen molar-refractivity contribution in [2.45, 2.75) is 0 Å². The average molecular weight is 654 g/mol. The molecule has 0 saturated carbocycles. The number of fused-ring (bicyclic) bond motifs is 1. The summed E-state index contributed by atoms with van der Waals surface area (Å²) in [7, 11) is 0. The van der Waals surface area contributed by atoms with Crippen LogP contribution in [0.5, 0.6) is 0 Å². The number of aromatic nitrogens is 5. The maximum atomic E-state index is 5.05. The molecule has 240 valence electrons. The molecule has 2 heterocycles. The molecule has 0 amide bonds.